The number of rotatable bonds is 9. The molecule has 3 heterocycles. The predicted octanol–water partition coefficient (Wildman–Crippen LogP) is 4.39. The van der Waals surface area contributed by atoms with Crippen LogP contribution in [0.25, 0.3) is 0 Å². The van der Waals surface area contributed by atoms with Crippen molar-refractivity contribution in [1.82, 2.24) is 4.90 Å². The van der Waals surface area contributed by atoms with Gasteiger partial charge in [0, 0.05) is 10.5 Å². The molecular formula is C30H35BrClN3O6. The van der Waals surface area contributed by atoms with E-state index in [0.717, 1.165) is 5.56 Å². The highest BCUT2D eigenvalue weighted by atomic mass is 79.9. The van der Waals surface area contributed by atoms with Crippen molar-refractivity contribution in [2.45, 2.75) is 62.7 Å². The minimum Gasteiger partial charge on any atom is -0.494 e. The van der Waals surface area contributed by atoms with E-state index in [9.17, 15) is 19.5 Å². The molecule has 0 saturated carbocycles. The van der Waals surface area contributed by atoms with E-state index in [1.807, 2.05) is 33.8 Å². The molecule has 220 valence electrons. The first-order valence-electron chi connectivity index (χ1n) is 13.9. The molecule has 2 bridgehead atoms. The summed E-state index contributed by atoms with van der Waals surface area (Å²) < 4.78 is 12.0. The van der Waals surface area contributed by atoms with Crippen LogP contribution >= 0.6 is 27.5 Å². The minimum atomic E-state index is -1.27. The fourth-order valence-electron chi connectivity index (χ4n) is 6.65. The number of aliphatic hydroxyl groups is 1. The molecule has 2 aromatic carbocycles. The highest BCUT2D eigenvalue weighted by molar-refractivity contribution is 9.09. The maximum absolute atomic E-state index is 14.3. The average molecular weight is 649 g/mol. The number of ether oxygens (including phenoxy) is 2. The van der Waals surface area contributed by atoms with Crippen molar-refractivity contribution in [1.29, 1.82) is 0 Å². The molecule has 9 nitrogen and oxygen atoms in total. The molecule has 3 fully saturated rings. The lowest BCUT2D eigenvalue weighted by molar-refractivity contribution is -0.144. The molecule has 41 heavy (non-hydrogen) atoms. The molecule has 0 aliphatic carbocycles. The highest BCUT2D eigenvalue weighted by Crippen LogP contribution is 2.60. The van der Waals surface area contributed by atoms with E-state index in [-0.39, 0.29) is 29.2 Å². The molecule has 1 spiro atoms. The van der Waals surface area contributed by atoms with Gasteiger partial charge in [0.2, 0.25) is 17.7 Å². The Kier molecular flexibility index (Phi) is 8.40. The van der Waals surface area contributed by atoms with Gasteiger partial charge in [-0.25, -0.2) is 0 Å². The number of carbonyl (C=O) groups excluding carboxylic acids is 3. The number of aryl methyl sites for hydroxylation is 1. The van der Waals surface area contributed by atoms with Crippen molar-refractivity contribution in [2.24, 2.45) is 17.8 Å². The number of alkyl halides is 1. The van der Waals surface area contributed by atoms with E-state index in [1.165, 1.54) is 4.90 Å². The summed E-state index contributed by atoms with van der Waals surface area (Å²) >= 11 is 10.1. The molecule has 3 aliphatic rings. The molecule has 11 heteroatoms. The van der Waals surface area contributed by atoms with Crippen molar-refractivity contribution in [3.05, 3.63) is 53.1 Å². The van der Waals surface area contributed by atoms with Gasteiger partial charge < -0.3 is 30.1 Å². The summed E-state index contributed by atoms with van der Waals surface area (Å²) in [5.74, 6) is -2.44. The monoisotopic (exact) mass is 647 g/mol. The van der Waals surface area contributed by atoms with Crippen molar-refractivity contribution in [2.75, 3.05) is 23.8 Å². The van der Waals surface area contributed by atoms with Crippen molar-refractivity contribution in [3.63, 3.8) is 0 Å². The maximum Gasteiger partial charge on any atom is 0.250 e. The summed E-state index contributed by atoms with van der Waals surface area (Å²) in [5.41, 5.74) is 0.506. The lowest BCUT2D eigenvalue weighted by atomic mass is 9.70. The van der Waals surface area contributed by atoms with E-state index >= 15 is 0 Å². The number of para-hydroxylation sites is 1. The van der Waals surface area contributed by atoms with E-state index < -0.39 is 41.5 Å². The first kappa shape index (κ1) is 29.8. The van der Waals surface area contributed by atoms with Crippen LogP contribution in [0.5, 0.6) is 5.75 Å². The second-order valence-electron chi connectivity index (χ2n) is 11.3. The third-order valence-electron chi connectivity index (χ3n) is 8.50. The van der Waals surface area contributed by atoms with Gasteiger partial charge in [0.25, 0.3) is 0 Å². The van der Waals surface area contributed by atoms with Gasteiger partial charge in [-0.2, -0.15) is 0 Å². The topological polar surface area (TPSA) is 117 Å². The number of likely N-dealkylation sites (tertiary alicyclic amines) is 1. The van der Waals surface area contributed by atoms with Crippen molar-refractivity contribution < 1.29 is 29.0 Å². The Morgan fingerprint density at radius 3 is 2.51 bits per heavy atom. The third-order valence-corrected chi connectivity index (χ3v) is 9.65. The van der Waals surface area contributed by atoms with Gasteiger partial charge in [-0.05, 0) is 62.1 Å². The number of amides is 3. The van der Waals surface area contributed by atoms with E-state index in [0.29, 0.717) is 35.2 Å². The fraction of sp³-hybridized carbons (Fsp3) is 0.500. The standard InChI is InChI=1S/C30H35BrClN3O6/c1-5-40-18-11-9-17(10-12-18)33-27(37)22-23-29(39)35(21(14-36)15(2)3)26(30(23)13-19(31)25(22)41-30)28(38)34-24-16(4)7-6-8-20(24)32/h6-12,15,19,21-23,25-26,36H,5,13-14H2,1-4H3,(H,33,37)(H,34,38)/t19?,21-,22+,23-,25+,26?,30?/m0/s1. The summed E-state index contributed by atoms with van der Waals surface area (Å²) in [4.78, 5) is 43.4. The van der Waals surface area contributed by atoms with Crippen LogP contribution in [0, 0.1) is 24.7 Å². The number of hydrogen-bond acceptors (Lipinski definition) is 6. The quantitative estimate of drug-likeness (QED) is 0.348. The van der Waals surface area contributed by atoms with Crippen LogP contribution in [0.1, 0.15) is 32.8 Å². The van der Waals surface area contributed by atoms with Gasteiger partial charge >= 0.3 is 0 Å². The lowest BCUT2D eigenvalue weighted by Gasteiger charge is -2.38. The van der Waals surface area contributed by atoms with Crippen LogP contribution in [-0.2, 0) is 19.1 Å². The Morgan fingerprint density at radius 1 is 1.20 bits per heavy atom. The number of nitrogens with one attached hydrogen (secondary N) is 2. The number of carbonyl (C=O) groups is 3. The van der Waals surface area contributed by atoms with E-state index in [1.54, 1.807) is 36.4 Å². The maximum atomic E-state index is 14.3. The zero-order valence-corrected chi connectivity index (χ0v) is 25.7. The summed E-state index contributed by atoms with van der Waals surface area (Å²) in [6, 6.07) is 10.6. The molecule has 0 radical (unpaired) electrons. The Bertz CT molecular complexity index is 1320. The first-order chi connectivity index (χ1) is 19.5. The SMILES string of the molecule is CCOc1ccc(NC(=O)[C@H]2[C@@H]3OC4(CC3Br)C(C(=O)Nc3c(C)cccc3Cl)N([C@@H](CO)C(C)C)C(=O)[C@H]24)cc1. The van der Waals surface area contributed by atoms with Gasteiger partial charge in [0.1, 0.15) is 17.4 Å². The van der Waals surface area contributed by atoms with E-state index in [4.69, 9.17) is 21.1 Å². The highest BCUT2D eigenvalue weighted by Gasteiger charge is 2.77. The zero-order valence-electron chi connectivity index (χ0n) is 23.4. The van der Waals surface area contributed by atoms with Gasteiger partial charge in [-0.15, -0.1) is 0 Å². The Labute approximate surface area is 253 Å². The van der Waals surface area contributed by atoms with Crippen LogP contribution in [0.15, 0.2) is 42.5 Å². The average Bonchev–Trinajstić information content (AvgIpc) is 3.51. The van der Waals surface area contributed by atoms with Gasteiger partial charge in [-0.3, -0.25) is 14.4 Å². The van der Waals surface area contributed by atoms with Gasteiger partial charge in [0.05, 0.1) is 47.9 Å². The number of hydrogen-bond donors (Lipinski definition) is 3. The van der Waals surface area contributed by atoms with Crippen LogP contribution in [0.3, 0.4) is 0 Å². The van der Waals surface area contributed by atoms with Crippen LogP contribution in [-0.4, -0.2) is 69.6 Å². The molecule has 3 amide bonds. The molecule has 5 rings (SSSR count). The number of aliphatic hydroxyl groups excluding tert-OH is 1. The summed E-state index contributed by atoms with van der Waals surface area (Å²) in [5, 5.41) is 16.6. The Balaban J connectivity index is 1.52. The molecular weight excluding hydrogens is 614 g/mol. The molecule has 7 atom stereocenters. The second kappa shape index (κ2) is 11.6. The first-order valence-corrected chi connectivity index (χ1v) is 15.2. The van der Waals surface area contributed by atoms with Crippen LogP contribution < -0.4 is 15.4 Å². The van der Waals surface area contributed by atoms with Crippen LogP contribution in [0.4, 0.5) is 11.4 Å². The Hall–Kier alpha value is -2.66. The fourth-order valence-corrected chi connectivity index (χ4v) is 7.86. The number of fused-ring (bicyclic) bond motifs is 1. The summed E-state index contributed by atoms with van der Waals surface area (Å²) in [7, 11) is 0. The Morgan fingerprint density at radius 2 is 1.90 bits per heavy atom. The summed E-state index contributed by atoms with van der Waals surface area (Å²) in [6.07, 6.45) is -0.259. The normalized spacial score (nSPS) is 29.0. The van der Waals surface area contributed by atoms with Gasteiger partial charge in [0.15, 0.2) is 0 Å². The van der Waals surface area contributed by atoms with E-state index in [2.05, 4.69) is 26.6 Å². The largest absolute Gasteiger partial charge is 0.494 e. The lowest BCUT2D eigenvalue weighted by Crippen LogP contribution is -2.57. The smallest absolute Gasteiger partial charge is 0.250 e. The minimum absolute atomic E-state index is 0.162. The number of halogens is 2. The number of anilines is 2. The second-order valence-corrected chi connectivity index (χ2v) is 12.9. The predicted molar refractivity (Wildman–Crippen MR) is 159 cm³/mol. The summed E-state index contributed by atoms with van der Waals surface area (Å²) in [6.45, 7) is 7.67. The molecule has 3 N–H and O–H groups in total. The molecule has 3 saturated heterocycles. The number of benzene rings is 2. The molecule has 0 aromatic heterocycles. The van der Waals surface area contributed by atoms with Gasteiger partial charge in [-0.1, -0.05) is 53.5 Å². The molecule has 2 aromatic rings. The number of nitrogens with zero attached hydrogens (tertiary/aromatic N) is 1. The van der Waals surface area contributed by atoms with Crippen molar-refractivity contribution >= 4 is 56.6 Å². The van der Waals surface area contributed by atoms with Crippen LogP contribution in [0.2, 0.25) is 5.02 Å². The van der Waals surface area contributed by atoms with Crippen molar-refractivity contribution in [3.8, 4) is 5.75 Å². The third kappa shape index (κ3) is 5.02. The molecule has 3 unspecified atom stereocenters. The zero-order chi connectivity index (χ0) is 29.6. The molecule has 3 aliphatic heterocycles.